The molecule has 0 unspecified atom stereocenters. The number of aliphatic hydroxyl groups is 6. The van der Waals surface area contributed by atoms with Crippen LogP contribution in [0.4, 0.5) is 0 Å². The Bertz CT molecular complexity index is 4940. The number of nitrogens with one attached hydrogen (secondary N) is 8. The number of rotatable bonds is 28. The molecule has 670 valence electrons. The molecule has 11 bridgehead atoms. The fourth-order valence-electron chi connectivity index (χ4n) is 15.2. The van der Waals surface area contributed by atoms with E-state index in [9.17, 15) is 75.0 Å². The number of amides is 7. The van der Waals surface area contributed by atoms with Crippen molar-refractivity contribution in [2.45, 2.75) is 215 Å². The third-order valence-corrected chi connectivity index (χ3v) is 23.3. The number of benzene rings is 6. The Morgan fingerprint density at radius 3 is 1.96 bits per heavy atom. The predicted octanol–water partition coefficient (Wildman–Crippen LogP) is 5.34. The summed E-state index contributed by atoms with van der Waals surface area (Å²) in [5.74, 6) is -14.7. The van der Waals surface area contributed by atoms with Gasteiger partial charge in [-0.05, 0) is 141 Å². The number of carbonyl (C=O) groups is 9. The molecule has 7 amide bonds. The number of thioether (sulfide) groups is 1. The first-order valence-corrected chi connectivity index (χ1v) is 42.2. The van der Waals surface area contributed by atoms with Crippen LogP contribution in [0.15, 0.2) is 97.1 Å². The molecule has 13 rings (SSSR count). The summed E-state index contributed by atoms with van der Waals surface area (Å²) in [7, 11) is 1.47. The number of ether oxygens (including phenoxy) is 8. The van der Waals surface area contributed by atoms with E-state index in [-0.39, 0.29) is 64.5 Å². The lowest BCUT2D eigenvalue weighted by Crippen LogP contribution is -2.65. The number of carboxylic acid groups (broad SMARTS) is 1. The average molecular weight is 1790 g/mol. The van der Waals surface area contributed by atoms with E-state index >= 15 is 19.2 Å². The van der Waals surface area contributed by atoms with Crippen LogP contribution in [0, 0.1) is 5.92 Å². The van der Waals surface area contributed by atoms with Crippen LogP contribution < -0.4 is 72.0 Å². The monoisotopic (exact) mass is 1780 g/mol. The number of aromatic hydroxyl groups is 3. The van der Waals surface area contributed by atoms with Crippen LogP contribution in [-0.4, -0.2) is 215 Å². The average Bonchev–Trinajstić information content (AvgIpc) is 0.765. The molecule has 6 aromatic rings. The maximum Gasteiger partial charge on any atom is 0.330 e. The van der Waals surface area contributed by atoms with Crippen LogP contribution in [0.3, 0.4) is 0 Å². The standard InChI is InChI=1S/C85H103Cl2N9O27S/c1-8-9-10-11-12-22-116-57-19-14-41(26-58(57)117-23-13-24-124-40(5)98)36-90-85(6)35-63(118-39(4)76(85)107)122-75-73(106)72(105)61(37-97)121-84(75)123-74-59-30-45-31-60(74)120-56-21-17-44(29-50(56)87)71(104)69-82(113)94-67(83(114)115)48-32-46(99)33-54(101)64(48)47-27-42(15-18-53(47)100)65(79(110)96-69)93-80(111)66(45)92-78(109)52(34-62(88)102)91-81(112)68(95-77(108)51(89-7)25-38(2)3)70(103)43-16-20-55(119-59)49(86)28-43/h14-21,26-33,38-39,51-52,61,63,65-73,75-76,84,89-90,97,99-101,103-107H,8-13,22-25,34-37H2,1-7H3,(H2,88,102)(H,91,112)(H,92,109)(H,93,111)(H,94,113)(H,95,108)(H,96,110)(H,114,115)/t39-,51+,52-,61+,63-,65+,66+,67-,68+,69-,70+,71+,72+,73-,75+,76+,84-,85-/m0/s1. The van der Waals surface area contributed by atoms with E-state index in [0.29, 0.717) is 35.8 Å². The number of aliphatic carboxylic acids is 1. The summed E-state index contributed by atoms with van der Waals surface area (Å²) in [4.78, 5) is 130. The molecule has 18 atom stereocenters. The number of hydrogen-bond donors (Lipinski definition) is 19. The number of nitrogens with two attached hydrogens (primary N) is 1. The van der Waals surface area contributed by atoms with Gasteiger partial charge in [-0.15, -0.1) is 0 Å². The molecule has 7 aliphatic rings. The SMILES string of the molecule is CCCCCCCOc1ccc(CN[C@@]2(C)C[C@H](O[C@H]3[C@H](Oc4c5cc6cc4Oc4ccc(cc4Cl)[C@@H](O)[C@@H](NC(=O)[C@@H](CC(C)C)NC)C(=O)N[C@@H](CC(N)=O)C(=O)N[C@H]6C(=O)N[C@H]4C(=O)N[C@H](C(=O)N[C@H](C(=O)O)c6cc(O)cc(O)c6-c6cc4ccc6O)[C@H](O)c4ccc(c(Cl)c4)O5)O[C@H](CO)[C@@H](O)[C@@H]3O)O[C@@H](C)[C@H]2O)cc1OCCCSC(C)=O. The van der Waals surface area contributed by atoms with Crippen LogP contribution in [0.25, 0.3) is 11.1 Å². The van der Waals surface area contributed by atoms with Gasteiger partial charge in [-0.3, -0.25) is 38.4 Å². The number of carboxylic acids is 1. The molecule has 0 aromatic heterocycles. The zero-order valence-electron chi connectivity index (χ0n) is 68.7. The van der Waals surface area contributed by atoms with Crippen molar-refractivity contribution < 1.29 is 132 Å². The van der Waals surface area contributed by atoms with Gasteiger partial charge in [0.1, 0.15) is 89.5 Å². The second-order valence-corrected chi connectivity index (χ2v) is 33.7. The molecule has 124 heavy (non-hydrogen) atoms. The van der Waals surface area contributed by atoms with Crippen LogP contribution in [0.2, 0.25) is 10.0 Å². The first-order valence-electron chi connectivity index (χ1n) is 40.4. The van der Waals surface area contributed by atoms with Crippen molar-refractivity contribution in [2.24, 2.45) is 11.7 Å². The van der Waals surface area contributed by atoms with E-state index in [2.05, 4.69) is 49.5 Å². The molecule has 39 heteroatoms. The first-order chi connectivity index (χ1) is 59.0. The number of phenolic OH excluding ortho intramolecular Hbond substituents is 3. The number of likely N-dealkylation sites (N-methyl/N-ethyl adjacent to an activating group) is 1. The second kappa shape index (κ2) is 41.6. The molecule has 0 saturated carbocycles. The van der Waals surface area contributed by atoms with E-state index in [1.807, 2.05) is 19.9 Å². The Hall–Kier alpha value is -10.4. The number of hydrogen-bond acceptors (Lipinski definition) is 29. The lowest BCUT2D eigenvalue weighted by atomic mass is 9.84. The largest absolute Gasteiger partial charge is 0.508 e. The summed E-state index contributed by atoms with van der Waals surface area (Å²) in [5, 5.41) is 137. The van der Waals surface area contributed by atoms with Crippen molar-refractivity contribution >= 4 is 87.4 Å². The smallest absolute Gasteiger partial charge is 0.330 e. The number of unbranched alkanes of at least 4 members (excludes halogenated alkanes) is 4. The highest BCUT2D eigenvalue weighted by atomic mass is 35.5. The van der Waals surface area contributed by atoms with Gasteiger partial charge < -0.3 is 137 Å². The zero-order chi connectivity index (χ0) is 89.9. The Morgan fingerprint density at radius 1 is 0.685 bits per heavy atom. The summed E-state index contributed by atoms with van der Waals surface area (Å²) >= 11 is 15.5. The third kappa shape index (κ3) is 22.5. The number of aliphatic hydroxyl groups excluding tert-OH is 6. The van der Waals surface area contributed by atoms with Crippen LogP contribution in [0.5, 0.6) is 57.5 Å². The van der Waals surface area contributed by atoms with Crippen molar-refractivity contribution in [3.63, 3.8) is 0 Å². The van der Waals surface area contributed by atoms with E-state index in [4.69, 9.17) is 66.8 Å². The van der Waals surface area contributed by atoms with Gasteiger partial charge in [0.25, 0.3) is 0 Å². The van der Waals surface area contributed by atoms with Gasteiger partial charge in [0.05, 0.1) is 54.5 Å². The lowest BCUT2D eigenvalue weighted by Gasteiger charge is -2.48. The molecule has 7 heterocycles. The fraction of sp³-hybridized carbons (Fsp3) is 0.471. The lowest BCUT2D eigenvalue weighted by molar-refractivity contribution is -0.334. The van der Waals surface area contributed by atoms with E-state index in [0.717, 1.165) is 98.8 Å². The highest BCUT2D eigenvalue weighted by Gasteiger charge is 2.52. The van der Waals surface area contributed by atoms with Gasteiger partial charge >= 0.3 is 5.97 Å². The maximum atomic E-state index is 16.3. The minimum absolute atomic E-state index is 0.0276. The molecule has 2 saturated heterocycles. The van der Waals surface area contributed by atoms with Gasteiger partial charge in [-0.25, -0.2) is 4.79 Å². The Morgan fingerprint density at radius 2 is 1.32 bits per heavy atom. The maximum absolute atomic E-state index is 16.3. The number of primary amides is 1. The van der Waals surface area contributed by atoms with Crippen molar-refractivity contribution in [1.29, 1.82) is 0 Å². The van der Waals surface area contributed by atoms with Crippen molar-refractivity contribution in [3.05, 3.63) is 140 Å². The topological polar surface area (TPSA) is 552 Å². The summed E-state index contributed by atoms with van der Waals surface area (Å²) in [5.41, 5.74) is 2.27. The van der Waals surface area contributed by atoms with Gasteiger partial charge in [0.15, 0.2) is 46.5 Å². The molecule has 7 aliphatic heterocycles. The Kier molecular flexibility index (Phi) is 31.7. The van der Waals surface area contributed by atoms with Gasteiger partial charge in [0, 0.05) is 53.9 Å². The molecule has 0 aliphatic carbocycles. The molecular weight excluding hydrogens is 1680 g/mol. The van der Waals surface area contributed by atoms with Crippen molar-refractivity contribution in [2.75, 3.05) is 32.6 Å². The molecular formula is C85H103Cl2N9O27S. The first kappa shape index (κ1) is 94.3. The van der Waals surface area contributed by atoms with Crippen molar-refractivity contribution in [1.82, 2.24) is 42.5 Å². The number of phenols is 3. The molecule has 0 radical (unpaired) electrons. The minimum atomic E-state index is -2.38. The summed E-state index contributed by atoms with van der Waals surface area (Å²) in [6.45, 7) is 10.3. The molecule has 6 aromatic carbocycles. The Balaban J connectivity index is 1.07. The number of halogens is 2. The normalized spacial score (nSPS) is 26.1. The third-order valence-electron chi connectivity index (χ3n) is 21.8. The van der Waals surface area contributed by atoms with Crippen LogP contribution in [0.1, 0.15) is 163 Å². The van der Waals surface area contributed by atoms with Crippen molar-refractivity contribution in [3.8, 4) is 68.6 Å². The van der Waals surface area contributed by atoms with Gasteiger partial charge in [-0.2, -0.15) is 0 Å². The fourth-order valence-corrected chi connectivity index (χ4v) is 16.2. The highest BCUT2D eigenvalue weighted by molar-refractivity contribution is 8.13. The van der Waals surface area contributed by atoms with Crippen LogP contribution >= 0.6 is 35.0 Å². The molecule has 20 N–H and O–H groups in total. The summed E-state index contributed by atoms with van der Waals surface area (Å²) in [6, 6.07) is 4.65. The van der Waals surface area contributed by atoms with E-state index in [1.165, 1.54) is 37.9 Å². The predicted molar refractivity (Wildman–Crippen MR) is 446 cm³/mol. The zero-order valence-corrected chi connectivity index (χ0v) is 71.0. The summed E-state index contributed by atoms with van der Waals surface area (Å²) < 4.78 is 52.2. The molecule has 36 nitrogen and oxygen atoms in total. The van der Waals surface area contributed by atoms with E-state index < -0.39 is 237 Å². The molecule has 0 spiro atoms. The number of carbonyl (C=O) groups excluding carboxylic acids is 8. The summed E-state index contributed by atoms with van der Waals surface area (Å²) in [6.07, 6.45) is -13.5. The van der Waals surface area contributed by atoms with Crippen LogP contribution in [-0.2, 0) is 63.9 Å². The second-order valence-electron chi connectivity index (χ2n) is 31.6. The van der Waals surface area contributed by atoms with Gasteiger partial charge in [-0.1, -0.05) is 106 Å². The molecule has 2 fully saturated rings. The minimum Gasteiger partial charge on any atom is -0.508 e. The highest BCUT2D eigenvalue weighted by Crippen LogP contribution is 2.50. The Labute approximate surface area is 726 Å². The van der Waals surface area contributed by atoms with E-state index in [1.54, 1.807) is 26.0 Å². The number of fused-ring (bicyclic) bond motifs is 15. The quantitative estimate of drug-likeness (QED) is 0.0276. The van der Waals surface area contributed by atoms with Gasteiger partial charge in [0.2, 0.25) is 53.4 Å².